The maximum atomic E-state index is 12.3. The van der Waals surface area contributed by atoms with Gasteiger partial charge in [0.1, 0.15) is 6.10 Å². The molecule has 1 unspecified atom stereocenters. The van der Waals surface area contributed by atoms with E-state index in [9.17, 15) is 4.79 Å². The van der Waals surface area contributed by atoms with Crippen LogP contribution in [-0.4, -0.2) is 38.8 Å². The van der Waals surface area contributed by atoms with Gasteiger partial charge in [-0.05, 0) is 38.2 Å². The summed E-state index contributed by atoms with van der Waals surface area (Å²) in [5.74, 6) is 0.0506. The molecule has 1 aromatic carbocycles. The topological polar surface area (TPSA) is 41.6 Å². The van der Waals surface area contributed by atoms with Crippen molar-refractivity contribution in [2.75, 3.05) is 31.6 Å². The van der Waals surface area contributed by atoms with Gasteiger partial charge < -0.3 is 15.0 Å². The van der Waals surface area contributed by atoms with E-state index >= 15 is 0 Å². The second kappa shape index (κ2) is 6.31. The molecule has 0 saturated carbocycles. The zero-order valence-corrected chi connectivity index (χ0v) is 11.9. The lowest BCUT2D eigenvalue weighted by Crippen LogP contribution is -2.48. The number of halogens is 1. The van der Waals surface area contributed by atoms with Gasteiger partial charge >= 0.3 is 0 Å². The van der Waals surface area contributed by atoms with Crippen LogP contribution >= 0.6 is 15.9 Å². The van der Waals surface area contributed by atoms with Gasteiger partial charge in [0.25, 0.3) is 5.91 Å². The Morgan fingerprint density at radius 2 is 2.39 bits per heavy atom. The molecule has 1 N–H and O–H groups in total. The minimum Gasteiger partial charge on any atom is -0.366 e. The summed E-state index contributed by atoms with van der Waals surface area (Å²) in [6.45, 7) is 1.99. The fraction of sp³-hybridized carbons (Fsp3) is 0.462. The Morgan fingerprint density at radius 3 is 3.11 bits per heavy atom. The Bertz CT molecular complexity index is 425. The molecule has 1 heterocycles. The highest BCUT2D eigenvalue weighted by molar-refractivity contribution is 9.10. The van der Waals surface area contributed by atoms with Gasteiger partial charge in [-0.2, -0.15) is 0 Å². The van der Waals surface area contributed by atoms with Crippen LogP contribution in [0, 0.1) is 0 Å². The van der Waals surface area contributed by atoms with Gasteiger partial charge in [0.2, 0.25) is 0 Å². The van der Waals surface area contributed by atoms with Crippen LogP contribution < -0.4 is 10.2 Å². The number of carbonyl (C=O) groups excluding carboxylic acids is 1. The van der Waals surface area contributed by atoms with Gasteiger partial charge in [0, 0.05) is 16.7 Å². The summed E-state index contributed by atoms with van der Waals surface area (Å²) in [6.07, 6.45) is 0.380. The van der Waals surface area contributed by atoms with E-state index in [1.54, 1.807) is 4.90 Å². The maximum absolute atomic E-state index is 12.3. The first-order valence-electron chi connectivity index (χ1n) is 6.05. The van der Waals surface area contributed by atoms with Crippen LogP contribution in [0.2, 0.25) is 0 Å². The normalized spacial score (nSPS) is 20.2. The smallest absolute Gasteiger partial charge is 0.256 e. The van der Waals surface area contributed by atoms with Crippen molar-refractivity contribution in [3.63, 3.8) is 0 Å². The van der Waals surface area contributed by atoms with Crippen LogP contribution in [0.15, 0.2) is 28.7 Å². The SMILES string of the molecule is CNCCC1OCCN(c2cccc(Br)c2)C1=O. The van der Waals surface area contributed by atoms with Crippen LogP contribution in [0.5, 0.6) is 0 Å². The number of morpholine rings is 1. The molecule has 1 atom stereocenters. The number of nitrogens with zero attached hydrogens (tertiary/aromatic N) is 1. The summed E-state index contributed by atoms with van der Waals surface area (Å²) in [4.78, 5) is 14.1. The van der Waals surface area contributed by atoms with Crippen molar-refractivity contribution in [3.05, 3.63) is 28.7 Å². The van der Waals surface area contributed by atoms with Crippen molar-refractivity contribution < 1.29 is 9.53 Å². The van der Waals surface area contributed by atoms with Gasteiger partial charge in [-0.1, -0.05) is 22.0 Å². The summed E-state index contributed by atoms with van der Waals surface area (Å²) in [6, 6.07) is 7.79. The molecule has 0 aliphatic carbocycles. The number of benzene rings is 1. The quantitative estimate of drug-likeness (QED) is 0.921. The van der Waals surface area contributed by atoms with Gasteiger partial charge in [0.05, 0.1) is 6.61 Å². The second-order valence-electron chi connectivity index (χ2n) is 4.22. The highest BCUT2D eigenvalue weighted by atomic mass is 79.9. The number of hydrogen-bond donors (Lipinski definition) is 1. The minimum atomic E-state index is -0.329. The summed E-state index contributed by atoms with van der Waals surface area (Å²) in [5.41, 5.74) is 0.923. The summed E-state index contributed by atoms with van der Waals surface area (Å²) < 4.78 is 6.51. The Kier molecular flexibility index (Phi) is 4.74. The van der Waals surface area contributed by atoms with Crippen LogP contribution in [0.3, 0.4) is 0 Å². The predicted molar refractivity (Wildman–Crippen MR) is 74.8 cm³/mol. The number of amides is 1. The number of hydrogen-bond acceptors (Lipinski definition) is 3. The van der Waals surface area contributed by atoms with Gasteiger partial charge in [-0.15, -0.1) is 0 Å². The van der Waals surface area contributed by atoms with Crippen LogP contribution in [0.4, 0.5) is 5.69 Å². The fourth-order valence-corrected chi connectivity index (χ4v) is 2.41. The third-order valence-corrected chi connectivity index (χ3v) is 3.45. The third kappa shape index (κ3) is 3.10. The zero-order chi connectivity index (χ0) is 13.0. The first-order chi connectivity index (χ1) is 8.72. The monoisotopic (exact) mass is 312 g/mol. The van der Waals surface area contributed by atoms with Crippen molar-refractivity contribution in [2.24, 2.45) is 0 Å². The van der Waals surface area contributed by atoms with E-state index in [0.717, 1.165) is 16.7 Å². The van der Waals surface area contributed by atoms with Gasteiger partial charge in [-0.25, -0.2) is 0 Å². The van der Waals surface area contributed by atoms with Gasteiger partial charge in [-0.3, -0.25) is 4.79 Å². The largest absolute Gasteiger partial charge is 0.366 e. The van der Waals surface area contributed by atoms with E-state index in [0.29, 0.717) is 19.6 Å². The summed E-state index contributed by atoms with van der Waals surface area (Å²) in [5, 5.41) is 3.04. The lowest BCUT2D eigenvalue weighted by Gasteiger charge is -2.32. The number of ether oxygens (including phenoxy) is 1. The Hall–Kier alpha value is -0.910. The Labute approximate surface area is 115 Å². The molecule has 1 aliphatic heterocycles. The van der Waals surface area contributed by atoms with E-state index in [2.05, 4.69) is 21.2 Å². The second-order valence-corrected chi connectivity index (χ2v) is 5.14. The predicted octanol–water partition coefficient (Wildman–Crippen LogP) is 1.79. The van der Waals surface area contributed by atoms with E-state index < -0.39 is 0 Å². The van der Waals surface area contributed by atoms with E-state index in [4.69, 9.17) is 4.74 Å². The standard InChI is InChI=1S/C13H17BrN2O2/c1-15-6-5-12-13(17)16(7-8-18-12)11-4-2-3-10(14)9-11/h2-4,9,12,15H,5-8H2,1H3. The first-order valence-corrected chi connectivity index (χ1v) is 6.85. The number of carbonyl (C=O) groups is 1. The molecular weight excluding hydrogens is 296 g/mol. The lowest BCUT2D eigenvalue weighted by atomic mass is 10.1. The zero-order valence-electron chi connectivity index (χ0n) is 10.4. The lowest BCUT2D eigenvalue weighted by molar-refractivity contribution is -0.134. The molecule has 1 amide bonds. The van der Waals surface area contributed by atoms with Crippen LogP contribution in [-0.2, 0) is 9.53 Å². The molecule has 0 spiro atoms. The molecule has 1 aliphatic rings. The molecule has 98 valence electrons. The summed E-state index contributed by atoms with van der Waals surface area (Å²) >= 11 is 3.43. The Balaban J connectivity index is 2.11. The van der Waals surface area contributed by atoms with Gasteiger partial charge in [0.15, 0.2) is 0 Å². The molecule has 1 saturated heterocycles. The van der Waals surface area contributed by atoms with Crippen molar-refractivity contribution in [1.82, 2.24) is 5.32 Å². The minimum absolute atomic E-state index is 0.0506. The van der Waals surface area contributed by atoms with Crippen LogP contribution in [0.1, 0.15) is 6.42 Å². The van der Waals surface area contributed by atoms with Crippen molar-refractivity contribution in [2.45, 2.75) is 12.5 Å². The molecule has 5 heteroatoms. The highest BCUT2D eigenvalue weighted by Crippen LogP contribution is 2.23. The highest BCUT2D eigenvalue weighted by Gasteiger charge is 2.29. The molecule has 0 bridgehead atoms. The number of nitrogens with one attached hydrogen (secondary N) is 1. The molecule has 1 fully saturated rings. The molecule has 0 radical (unpaired) electrons. The summed E-state index contributed by atoms with van der Waals surface area (Å²) in [7, 11) is 1.87. The van der Waals surface area contributed by atoms with Crippen molar-refractivity contribution >= 4 is 27.5 Å². The molecular formula is C13H17BrN2O2. The molecule has 0 aromatic heterocycles. The molecule has 2 rings (SSSR count). The molecule has 1 aromatic rings. The fourth-order valence-electron chi connectivity index (χ4n) is 2.02. The third-order valence-electron chi connectivity index (χ3n) is 2.95. The number of rotatable bonds is 4. The average molecular weight is 313 g/mol. The van der Waals surface area contributed by atoms with Crippen LogP contribution in [0.25, 0.3) is 0 Å². The van der Waals surface area contributed by atoms with E-state index in [-0.39, 0.29) is 12.0 Å². The molecule has 18 heavy (non-hydrogen) atoms. The molecule has 4 nitrogen and oxygen atoms in total. The average Bonchev–Trinajstić information content (AvgIpc) is 2.37. The Morgan fingerprint density at radius 1 is 1.56 bits per heavy atom. The van der Waals surface area contributed by atoms with E-state index in [1.807, 2.05) is 31.3 Å². The first kappa shape index (κ1) is 13.5. The van der Waals surface area contributed by atoms with E-state index in [1.165, 1.54) is 0 Å². The van der Waals surface area contributed by atoms with Crippen molar-refractivity contribution in [3.8, 4) is 0 Å². The maximum Gasteiger partial charge on any atom is 0.256 e. The number of anilines is 1. The van der Waals surface area contributed by atoms with Crippen molar-refractivity contribution in [1.29, 1.82) is 0 Å².